The van der Waals surface area contributed by atoms with E-state index in [0.29, 0.717) is 0 Å². The molecule has 0 aromatic rings. The molecule has 0 unspecified atom stereocenters. The van der Waals surface area contributed by atoms with Crippen LogP contribution in [0.5, 0.6) is 0 Å². The lowest BCUT2D eigenvalue weighted by atomic mass is 10.7. The summed E-state index contributed by atoms with van der Waals surface area (Å²) in [6.07, 6.45) is 0. The minimum absolute atomic E-state index is 0.427. The zero-order chi connectivity index (χ0) is 21.4. The number of carboxylic acid groups (broad SMARTS) is 1. The molecule has 0 aliphatic rings. The zero-order valence-corrected chi connectivity index (χ0v) is 17.1. The van der Waals surface area contributed by atoms with Crippen LogP contribution in [-0.4, -0.2) is 77.3 Å². The summed E-state index contributed by atoms with van der Waals surface area (Å²) < 4.78 is 42.9. The summed E-state index contributed by atoms with van der Waals surface area (Å²) in [4.78, 5) is 85.3. The molecule has 0 aliphatic carbocycles. The summed E-state index contributed by atoms with van der Waals surface area (Å²) in [5.41, 5.74) is -3.35. The molecule has 156 valence electrons. The molecule has 0 aromatic carbocycles. The van der Waals surface area contributed by atoms with E-state index in [1.165, 1.54) is 0 Å². The second kappa shape index (κ2) is 8.40. The van der Waals surface area contributed by atoms with Gasteiger partial charge >= 0.3 is 36.4 Å². The molecule has 0 aromatic heterocycles. The van der Waals surface area contributed by atoms with Crippen LogP contribution >= 0.6 is 42.1 Å². The number of hydrogen-bond acceptors (Lipinski definition) is 7. The van der Waals surface area contributed by atoms with Gasteiger partial charge in [-0.15, -0.1) is 11.8 Å². The molecular weight excluding hydrogens is 466 g/mol. The van der Waals surface area contributed by atoms with E-state index in [4.69, 9.17) is 5.11 Å². The molecule has 0 saturated carbocycles. The second-order valence-corrected chi connectivity index (χ2v) is 14.0. The van der Waals surface area contributed by atoms with Gasteiger partial charge in [-0.2, -0.15) is 0 Å². The number of carboxylic acids is 1. The molecule has 20 heteroatoms. The number of rotatable bonds is 10. The van der Waals surface area contributed by atoms with E-state index in [1.807, 2.05) is 0 Å². The van der Waals surface area contributed by atoms with Crippen LogP contribution < -0.4 is 0 Å². The highest BCUT2D eigenvalue weighted by Crippen LogP contribution is 2.78. The first-order chi connectivity index (χ1) is 11.2. The third-order valence-corrected chi connectivity index (χ3v) is 13.1. The van der Waals surface area contributed by atoms with Crippen molar-refractivity contribution in [3.8, 4) is 0 Å². The summed E-state index contributed by atoms with van der Waals surface area (Å²) in [6.45, 7) is -0.233. The lowest BCUT2D eigenvalue weighted by Gasteiger charge is -2.45. The molecule has 0 spiro atoms. The number of carbonyl (C=O) groups is 1. The molecule has 9 N–H and O–H groups in total. The predicted octanol–water partition coefficient (Wildman–Crippen LogP) is -1.27. The molecule has 0 bridgehead atoms. The van der Waals surface area contributed by atoms with Crippen molar-refractivity contribution in [3.05, 3.63) is 0 Å². The van der Waals surface area contributed by atoms with Crippen molar-refractivity contribution < 1.29 is 67.3 Å². The molecule has 15 nitrogen and oxygen atoms in total. The van der Waals surface area contributed by atoms with Crippen molar-refractivity contribution in [2.75, 3.05) is 12.3 Å². The summed E-state index contributed by atoms with van der Waals surface area (Å²) >= 11 is -0.602. The maximum absolute atomic E-state index is 11.9. The van der Waals surface area contributed by atoms with Gasteiger partial charge in [0.05, 0.1) is 5.75 Å². The third-order valence-electron chi connectivity index (χ3n) is 2.74. The maximum Gasteiger partial charge on any atom is 0.368 e. The standard InChI is InChI=1S/C6H17NO14P4S/c1-2-7(5(22(10,11)12)23(13,14)15)6(24(16,17)18,25(19,20)21)26-3-4(8)9/h5H,2-3H2,1H3,(H,8,9)(H2,10,11,12)(H2,13,14,15)(H2,16,17,18)(H2,19,20,21). The van der Waals surface area contributed by atoms with Crippen molar-refractivity contribution in [2.24, 2.45) is 0 Å². The van der Waals surface area contributed by atoms with Gasteiger partial charge in [0, 0.05) is 0 Å². The Bertz CT molecular complexity index is 671. The Morgan fingerprint density at radius 3 is 1.46 bits per heavy atom. The van der Waals surface area contributed by atoms with E-state index in [-0.39, 0.29) is 0 Å². The molecule has 0 amide bonds. The Hall–Kier alpha value is 0.380. The van der Waals surface area contributed by atoms with Gasteiger partial charge in [-0.1, -0.05) is 6.92 Å². The summed E-state index contributed by atoms with van der Waals surface area (Å²) in [6, 6.07) is 0. The van der Waals surface area contributed by atoms with Crippen LogP contribution in [0.3, 0.4) is 0 Å². The molecule has 26 heavy (non-hydrogen) atoms. The van der Waals surface area contributed by atoms with Crippen LogP contribution in [0, 0.1) is 0 Å². The molecule has 0 heterocycles. The van der Waals surface area contributed by atoms with Crippen molar-refractivity contribution in [1.29, 1.82) is 0 Å². The van der Waals surface area contributed by atoms with Crippen molar-refractivity contribution in [2.45, 2.75) is 16.8 Å². The second-order valence-electron chi connectivity index (χ2n) is 4.65. The van der Waals surface area contributed by atoms with Crippen molar-refractivity contribution >= 4 is 48.1 Å². The lowest BCUT2D eigenvalue weighted by molar-refractivity contribution is -0.133. The Labute approximate surface area is 150 Å². The van der Waals surface area contributed by atoms with Crippen LogP contribution in [0.1, 0.15) is 6.92 Å². The van der Waals surface area contributed by atoms with Crippen LogP contribution in [0.25, 0.3) is 0 Å². The van der Waals surface area contributed by atoms with Crippen LogP contribution in [0.2, 0.25) is 0 Å². The summed E-state index contributed by atoms with van der Waals surface area (Å²) in [5, 5.41) is 8.67. The number of hydrogen-bond donors (Lipinski definition) is 9. The number of thioether (sulfide) groups is 1. The minimum Gasteiger partial charge on any atom is -0.481 e. The third kappa shape index (κ3) is 5.69. The van der Waals surface area contributed by atoms with E-state index in [1.54, 1.807) is 0 Å². The molecule has 0 fully saturated rings. The highest BCUT2D eigenvalue weighted by molar-refractivity contribution is 8.13. The fraction of sp³-hybridized carbons (Fsp3) is 0.833. The molecular formula is C6H17NO14P4S. The van der Waals surface area contributed by atoms with Gasteiger partial charge in [-0.3, -0.25) is 23.1 Å². The average molecular weight is 483 g/mol. The van der Waals surface area contributed by atoms with Gasteiger partial charge in [-0.05, 0) is 6.54 Å². The van der Waals surface area contributed by atoms with Gasteiger partial charge in [0.15, 0.2) is 0 Å². The van der Waals surface area contributed by atoms with E-state index in [0.717, 1.165) is 6.92 Å². The quantitative estimate of drug-likeness (QED) is 0.129. The first-order valence-corrected chi connectivity index (χ1v) is 13.6. The molecule has 0 saturated heterocycles. The van der Waals surface area contributed by atoms with Gasteiger partial charge in [0.25, 0.3) is 4.35 Å². The minimum atomic E-state index is -6.17. The largest absolute Gasteiger partial charge is 0.481 e. The SMILES string of the molecule is CCN(C(P(=O)(O)O)P(=O)(O)O)C(SCC(=O)O)(P(=O)(O)O)P(=O)(O)O. The van der Waals surface area contributed by atoms with E-state index < -0.39 is 75.2 Å². The monoisotopic (exact) mass is 483 g/mol. The highest BCUT2D eigenvalue weighted by Gasteiger charge is 2.69. The zero-order valence-electron chi connectivity index (χ0n) is 12.7. The topological polar surface area (TPSA) is 271 Å². The summed E-state index contributed by atoms with van der Waals surface area (Å²) in [5.74, 6) is -3.19. The highest BCUT2D eigenvalue weighted by atomic mass is 32.2. The van der Waals surface area contributed by atoms with Crippen LogP contribution in [0.4, 0.5) is 0 Å². The fourth-order valence-electron chi connectivity index (χ4n) is 1.99. The molecule has 0 aliphatic heterocycles. The van der Waals surface area contributed by atoms with E-state index >= 15 is 0 Å². The first-order valence-electron chi connectivity index (χ1n) is 6.07. The average Bonchev–Trinajstić information content (AvgIpc) is 2.30. The van der Waals surface area contributed by atoms with Gasteiger partial charge < -0.3 is 44.3 Å². The fourth-order valence-corrected chi connectivity index (χ4v) is 10.5. The van der Waals surface area contributed by atoms with Crippen LogP contribution in [-0.2, 0) is 23.1 Å². The first kappa shape index (κ1) is 26.4. The van der Waals surface area contributed by atoms with E-state index in [2.05, 4.69) is 0 Å². The number of aliphatic carboxylic acids is 1. The lowest BCUT2D eigenvalue weighted by Crippen LogP contribution is -2.51. The molecule has 0 atom stereocenters. The van der Waals surface area contributed by atoms with E-state index in [9.17, 15) is 62.2 Å². The van der Waals surface area contributed by atoms with Crippen molar-refractivity contribution in [1.82, 2.24) is 4.90 Å². The maximum atomic E-state index is 11.9. The Morgan fingerprint density at radius 2 is 1.27 bits per heavy atom. The van der Waals surface area contributed by atoms with Gasteiger partial charge in [0.2, 0.25) is 5.52 Å². The summed E-state index contributed by atoms with van der Waals surface area (Å²) in [7, 11) is -24.2. The Balaban J connectivity index is 7.04. The predicted molar refractivity (Wildman–Crippen MR) is 87.2 cm³/mol. The molecule has 0 rings (SSSR count). The normalized spacial score (nSPS) is 14.9. The van der Waals surface area contributed by atoms with Gasteiger partial charge in [0.1, 0.15) is 0 Å². The van der Waals surface area contributed by atoms with Gasteiger partial charge in [-0.25, -0.2) is 4.90 Å². The molecule has 0 radical (unpaired) electrons. The van der Waals surface area contributed by atoms with Crippen LogP contribution in [0.15, 0.2) is 0 Å². The Morgan fingerprint density at radius 1 is 0.923 bits per heavy atom. The smallest absolute Gasteiger partial charge is 0.368 e. The van der Waals surface area contributed by atoms with Crippen molar-refractivity contribution in [3.63, 3.8) is 0 Å². The Kier molecular flexibility index (Phi) is 8.52. The number of nitrogens with zero attached hydrogens (tertiary/aromatic N) is 1.